The Hall–Kier alpha value is -3.52. The van der Waals surface area contributed by atoms with E-state index < -0.39 is 0 Å². The monoisotopic (exact) mass is 493 g/mol. The molecule has 3 aromatic rings. The summed E-state index contributed by atoms with van der Waals surface area (Å²) in [5, 5.41) is 11.1. The summed E-state index contributed by atoms with van der Waals surface area (Å²) in [6.07, 6.45) is 2.72. The molecule has 192 valence electrons. The molecular formula is C28H35N3O5. The zero-order valence-corrected chi connectivity index (χ0v) is 21.6. The van der Waals surface area contributed by atoms with Gasteiger partial charge in [-0.1, -0.05) is 55.4 Å². The second kappa shape index (κ2) is 11.9. The molecule has 8 heteroatoms. The van der Waals surface area contributed by atoms with Crippen molar-refractivity contribution in [2.45, 2.75) is 52.6 Å². The van der Waals surface area contributed by atoms with Gasteiger partial charge in [-0.2, -0.15) is 4.98 Å². The van der Waals surface area contributed by atoms with Crippen molar-refractivity contribution in [3.8, 4) is 22.8 Å². The van der Waals surface area contributed by atoms with E-state index in [0.29, 0.717) is 23.7 Å². The number of ether oxygens (including phenoxy) is 1. The van der Waals surface area contributed by atoms with Crippen molar-refractivity contribution in [2.75, 3.05) is 14.2 Å². The zero-order valence-electron chi connectivity index (χ0n) is 21.6. The highest BCUT2D eigenvalue weighted by Gasteiger charge is 2.48. The van der Waals surface area contributed by atoms with Crippen LogP contribution in [-0.4, -0.2) is 52.8 Å². The first-order valence-electron chi connectivity index (χ1n) is 12.1. The molecule has 8 nitrogen and oxygen atoms in total. The van der Waals surface area contributed by atoms with Crippen molar-refractivity contribution in [3.63, 3.8) is 0 Å². The number of esters is 1. The largest absolute Gasteiger partial charge is 0.483 e. The van der Waals surface area contributed by atoms with Crippen molar-refractivity contribution >= 4 is 12.4 Å². The number of rotatable bonds is 8. The van der Waals surface area contributed by atoms with Gasteiger partial charge in [-0.25, -0.2) is 0 Å². The number of benzene rings is 2. The van der Waals surface area contributed by atoms with Crippen LogP contribution in [0.4, 0.5) is 0 Å². The zero-order chi connectivity index (χ0) is 26.3. The number of carbonyl (C=O) groups excluding carboxylic acids is 1. The summed E-state index contributed by atoms with van der Waals surface area (Å²) in [7, 11) is 3.57. The van der Waals surface area contributed by atoms with Crippen LogP contribution in [0.2, 0.25) is 0 Å². The van der Waals surface area contributed by atoms with E-state index in [4.69, 9.17) is 19.2 Å². The van der Waals surface area contributed by atoms with Gasteiger partial charge in [-0.05, 0) is 62.4 Å². The molecule has 0 spiro atoms. The van der Waals surface area contributed by atoms with Crippen molar-refractivity contribution in [1.29, 1.82) is 0 Å². The molecule has 0 unspecified atom stereocenters. The fourth-order valence-corrected chi connectivity index (χ4v) is 4.59. The lowest BCUT2D eigenvalue weighted by Gasteiger charge is -2.46. The van der Waals surface area contributed by atoms with Crippen LogP contribution in [0.3, 0.4) is 0 Å². The van der Waals surface area contributed by atoms with Crippen molar-refractivity contribution in [1.82, 2.24) is 15.0 Å². The lowest BCUT2D eigenvalue weighted by Crippen LogP contribution is -2.52. The third kappa shape index (κ3) is 6.57. The summed E-state index contributed by atoms with van der Waals surface area (Å²) in [6, 6.07) is 17.0. The quantitative estimate of drug-likeness (QED) is 0.342. The Morgan fingerprint density at radius 3 is 2.25 bits per heavy atom. The third-order valence-corrected chi connectivity index (χ3v) is 6.59. The highest BCUT2D eigenvalue weighted by atomic mass is 16.5. The maximum absolute atomic E-state index is 11.9. The molecule has 1 fully saturated rings. The second-order valence-electron chi connectivity index (χ2n) is 10.0. The minimum absolute atomic E-state index is 0.109. The van der Waals surface area contributed by atoms with Crippen molar-refractivity contribution in [2.24, 2.45) is 11.3 Å². The second-order valence-corrected chi connectivity index (χ2v) is 10.0. The van der Waals surface area contributed by atoms with Crippen LogP contribution >= 0.6 is 0 Å². The molecule has 1 N–H and O–H groups in total. The number of hydrogen-bond donors (Lipinski definition) is 1. The average molecular weight is 494 g/mol. The third-order valence-electron chi connectivity index (χ3n) is 6.59. The summed E-state index contributed by atoms with van der Waals surface area (Å²) >= 11 is 0. The maximum Gasteiger partial charge on any atom is 0.311 e. The molecule has 4 rings (SSSR count). The van der Waals surface area contributed by atoms with Crippen LogP contribution < -0.4 is 0 Å². The molecule has 0 atom stereocenters. The fraction of sp³-hybridized carbons (Fsp3) is 0.429. The van der Waals surface area contributed by atoms with Crippen molar-refractivity contribution < 1.29 is 24.0 Å². The highest BCUT2D eigenvalue weighted by Crippen LogP contribution is 2.44. The van der Waals surface area contributed by atoms with Crippen LogP contribution in [0.1, 0.15) is 44.7 Å². The molecule has 0 amide bonds. The van der Waals surface area contributed by atoms with Crippen LogP contribution in [0.5, 0.6) is 0 Å². The number of carbonyl (C=O) groups is 2. The Morgan fingerprint density at radius 2 is 1.69 bits per heavy atom. The maximum atomic E-state index is 11.9. The van der Waals surface area contributed by atoms with E-state index in [1.807, 2.05) is 31.2 Å². The van der Waals surface area contributed by atoms with Gasteiger partial charge in [-0.3, -0.25) is 14.5 Å². The molecule has 2 aromatic carbocycles. The first-order valence-corrected chi connectivity index (χ1v) is 12.1. The molecule has 0 saturated heterocycles. The Balaban J connectivity index is 0.00000115. The van der Waals surface area contributed by atoms with Gasteiger partial charge in [0.15, 0.2) is 0 Å². The van der Waals surface area contributed by atoms with E-state index in [1.165, 1.54) is 18.2 Å². The molecule has 1 aliphatic rings. The van der Waals surface area contributed by atoms with E-state index in [0.717, 1.165) is 36.9 Å². The van der Waals surface area contributed by atoms with Crippen molar-refractivity contribution in [3.05, 3.63) is 59.7 Å². The molecule has 1 aromatic heterocycles. The van der Waals surface area contributed by atoms with Gasteiger partial charge in [0.1, 0.15) is 0 Å². The fourth-order valence-electron chi connectivity index (χ4n) is 4.59. The Morgan fingerprint density at radius 1 is 1.14 bits per heavy atom. The summed E-state index contributed by atoms with van der Waals surface area (Å²) in [6.45, 7) is 6.99. The number of nitrogens with zero attached hydrogens (tertiary/aromatic N) is 3. The standard InChI is InChI=1S/C27H33N3O3.CH2O2/c1-18(2)14-19-6-12-22(13-7-19)25-28-24(29-33-25)21-10-8-20(9-11-21)17-30(4)23-15-27(3,16-23)26(31)32-5;2-1-3/h6-13,18,23H,14-17H2,1-5H3;1H,(H,2,3). The van der Waals surface area contributed by atoms with Gasteiger partial charge < -0.3 is 14.4 Å². The molecule has 0 radical (unpaired) electrons. The van der Waals surface area contributed by atoms with E-state index >= 15 is 0 Å². The molecule has 1 saturated carbocycles. The number of hydrogen-bond acceptors (Lipinski definition) is 7. The summed E-state index contributed by atoms with van der Waals surface area (Å²) < 4.78 is 10.4. The SMILES string of the molecule is COC(=O)C1(C)CC(N(C)Cc2ccc(-c3noc(-c4ccc(CC(C)C)cc4)n3)cc2)C1.O=CO. The van der Waals surface area contributed by atoms with Gasteiger partial charge in [0.25, 0.3) is 12.4 Å². The van der Waals surface area contributed by atoms with Gasteiger partial charge in [0.05, 0.1) is 12.5 Å². The molecule has 36 heavy (non-hydrogen) atoms. The molecule has 0 bridgehead atoms. The number of methoxy groups -OCH3 is 1. The van der Waals surface area contributed by atoms with Crippen LogP contribution in [0, 0.1) is 11.3 Å². The molecule has 1 heterocycles. The summed E-state index contributed by atoms with van der Waals surface area (Å²) in [5.41, 5.74) is 4.03. The predicted octanol–water partition coefficient (Wildman–Crippen LogP) is 5.08. The van der Waals surface area contributed by atoms with Crippen LogP contribution in [0.25, 0.3) is 22.8 Å². The topological polar surface area (TPSA) is 106 Å². The van der Waals surface area contributed by atoms with Crippen LogP contribution in [-0.2, 0) is 27.3 Å². The first-order chi connectivity index (χ1) is 17.2. The first kappa shape index (κ1) is 27.1. The average Bonchev–Trinajstić information content (AvgIpc) is 3.33. The Labute approximate surface area is 212 Å². The summed E-state index contributed by atoms with van der Waals surface area (Å²) in [5.74, 6) is 1.64. The smallest absolute Gasteiger partial charge is 0.311 e. The lowest BCUT2D eigenvalue weighted by atomic mass is 9.66. The minimum Gasteiger partial charge on any atom is -0.483 e. The van der Waals surface area contributed by atoms with Gasteiger partial charge in [0, 0.05) is 23.7 Å². The van der Waals surface area contributed by atoms with Gasteiger partial charge in [-0.15, -0.1) is 0 Å². The Kier molecular flexibility index (Phi) is 8.98. The molecule has 1 aliphatic carbocycles. The van der Waals surface area contributed by atoms with E-state index in [9.17, 15) is 4.79 Å². The van der Waals surface area contributed by atoms with E-state index in [1.54, 1.807) is 0 Å². The lowest BCUT2D eigenvalue weighted by molar-refractivity contribution is -0.161. The molecule has 0 aliphatic heterocycles. The van der Waals surface area contributed by atoms with Gasteiger partial charge >= 0.3 is 5.97 Å². The van der Waals surface area contributed by atoms with E-state index in [-0.39, 0.29) is 17.9 Å². The van der Waals surface area contributed by atoms with Crippen LogP contribution in [0.15, 0.2) is 53.1 Å². The highest BCUT2D eigenvalue weighted by molar-refractivity contribution is 5.77. The predicted molar refractivity (Wildman–Crippen MR) is 137 cm³/mol. The Bertz CT molecular complexity index is 1130. The number of aromatic nitrogens is 2. The number of carboxylic acid groups (broad SMARTS) is 1. The normalized spacial score (nSPS) is 18.8. The van der Waals surface area contributed by atoms with E-state index in [2.05, 4.69) is 60.2 Å². The minimum atomic E-state index is -0.345. The summed E-state index contributed by atoms with van der Waals surface area (Å²) in [4.78, 5) is 27.2. The van der Waals surface area contributed by atoms with Gasteiger partial charge in [0.2, 0.25) is 5.82 Å². The molecular weight excluding hydrogens is 458 g/mol.